The lowest BCUT2D eigenvalue weighted by Crippen LogP contribution is -2.43. The quantitative estimate of drug-likeness (QED) is 0.385. The summed E-state index contributed by atoms with van der Waals surface area (Å²) < 4.78 is 7.44. The van der Waals surface area contributed by atoms with Crippen LogP contribution in [0.25, 0.3) is 0 Å². The van der Waals surface area contributed by atoms with E-state index in [1.54, 1.807) is 4.90 Å². The highest BCUT2D eigenvalue weighted by atomic mass is 16.5. The van der Waals surface area contributed by atoms with Gasteiger partial charge in [0, 0.05) is 38.4 Å². The topological polar surface area (TPSA) is 83.8 Å². The number of guanidine groups is 1. The number of amides is 1. The Morgan fingerprint density at radius 3 is 2.81 bits per heavy atom. The minimum absolute atomic E-state index is 0.0106. The molecule has 2 aromatic rings. The van der Waals surface area contributed by atoms with E-state index in [0.717, 1.165) is 42.5 Å². The summed E-state index contributed by atoms with van der Waals surface area (Å²) in [5.74, 6) is 1.54. The number of aliphatic imine (C=N–C) groups is 1. The van der Waals surface area contributed by atoms with Crippen molar-refractivity contribution in [2.24, 2.45) is 12.0 Å². The normalized spacial score (nSPS) is 14.8. The average molecular weight is 427 g/mol. The van der Waals surface area contributed by atoms with Gasteiger partial charge in [0.1, 0.15) is 5.75 Å². The van der Waals surface area contributed by atoms with E-state index in [0.29, 0.717) is 13.1 Å². The SMILES string of the molecule is CCNC(=NCCCN1C(=O)COc2ccccc21)NC(C)Cc1c(C)nn(C)c1C. The number of fused-ring (bicyclic) bond motifs is 1. The number of aromatic nitrogens is 2. The molecule has 1 aliphatic rings. The Bertz CT molecular complexity index is 936. The van der Waals surface area contributed by atoms with Crippen LogP contribution in [0.4, 0.5) is 5.69 Å². The summed E-state index contributed by atoms with van der Waals surface area (Å²) in [5, 5.41) is 11.3. The van der Waals surface area contributed by atoms with E-state index in [2.05, 4.69) is 43.4 Å². The molecule has 2 heterocycles. The summed E-state index contributed by atoms with van der Waals surface area (Å²) >= 11 is 0. The third-order valence-electron chi connectivity index (χ3n) is 5.51. The molecule has 1 aromatic carbocycles. The first kappa shape index (κ1) is 22.7. The van der Waals surface area contributed by atoms with Gasteiger partial charge in [0.15, 0.2) is 12.6 Å². The Morgan fingerprint density at radius 1 is 1.32 bits per heavy atom. The minimum atomic E-state index is -0.0106. The Kier molecular flexibility index (Phi) is 7.55. The summed E-state index contributed by atoms with van der Waals surface area (Å²) in [4.78, 5) is 18.8. The molecule has 2 N–H and O–H groups in total. The summed E-state index contributed by atoms with van der Waals surface area (Å²) in [5.41, 5.74) is 4.39. The molecule has 1 unspecified atom stereocenters. The standard InChI is InChI=1S/C23H34N6O2/c1-6-24-23(26-16(2)14-19-17(3)27-28(5)18(19)4)25-12-9-13-29-20-10-7-8-11-21(20)31-15-22(29)30/h7-8,10-11,16H,6,9,12-15H2,1-5H3,(H2,24,25,26). The molecular weight excluding hydrogens is 392 g/mol. The van der Waals surface area contributed by atoms with Crippen LogP contribution in [0.5, 0.6) is 5.75 Å². The van der Waals surface area contributed by atoms with Crippen LogP contribution in [0.15, 0.2) is 29.3 Å². The predicted molar refractivity (Wildman–Crippen MR) is 124 cm³/mol. The summed E-state index contributed by atoms with van der Waals surface area (Å²) in [6.45, 7) is 10.5. The molecule has 1 aromatic heterocycles. The van der Waals surface area contributed by atoms with Gasteiger partial charge in [-0.05, 0) is 58.2 Å². The number of rotatable bonds is 8. The molecule has 0 bridgehead atoms. The Hall–Kier alpha value is -3.03. The second kappa shape index (κ2) is 10.3. The van der Waals surface area contributed by atoms with Crippen molar-refractivity contribution >= 4 is 17.6 Å². The Labute approximate surface area is 184 Å². The van der Waals surface area contributed by atoms with Crippen molar-refractivity contribution in [1.82, 2.24) is 20.4 Å². The van der Waals surface area contributed by atoms with Gasteiger partial charge in [0.05, 0.1) is 11.4 Å². The molecule has 0 spiro atoms. The van der Waals surface area contributed by atoms with Gasteiger partial charge in [-0.1, -0.05) is 12.1 Å². The van der Waals surface area contributed by atoms with E-state index in [9.17, 15) is 4.79 Å². The van der Waals surface area contributed by atoms with Crippen LogP contribution in [0.1, 0.15) is 37.2 Å². The van der Waals surface area contributed by atoms with E-state index in [1.807, 2.05) is 36.0 Å². The zero-order chi connectivity index (χ0) is 22.4. The lowest BCUT2D eigenvalue weighted by Gasteiger charge is -2.29. The molecule has 1 atom stereocenters. The van der Waals surface area contributed by atoms with Gasteiger partial charge in [-0.3, -0.25) is 14.5 Å². The third-order valence-corrected chi connectivity index (χ3v) is 5.51. The molecule has 3 rings (SSSR count). The van der Waals surface area contributed by atoms with Crippen LogP contribution in [0.3, 0.4) is 0 Å². The molecule has 0 fully saturated rings. The Balaban J connectivity index is 1.55. The number of ether oxygens (including phenoxy) is 1. The first-order chi connectivity index (χ1) is 14.9. The number of carbonyl (C=O) groups excluding carboxylic acids is 1. The lowest BCUT2D eigenvalue weighted by atomic mass is 10.1. The van der Waals surface area contributed by atoms with Gasteiger partial charge in [0.2, 0.25) is 0 Å². The van der Waals surface area contributed by atoms with Crippen molar-refractivity contribution in [2.75, 3.05) is 31.1 Å². The van der Waals surface area contributed by atoms with Gasteiger partial charge in [-0.2, -0.15) is 5.10 Å². The highest BCUT2D eigenvalue weighted by Gasteiger charge is 2.24. The fourth-order valence-electron chi connectivity index (χ4n) is 3.84. The highest BCUT2D eigenvalue weighted by molar-refractivity contribution is 5.97. The van der Waals surface area contributed by atoms with Gasteiger partial charge in [-0.15, -0.1) is 0 Å². The molecule has 0 saturated heterocycles. The first-order valence-corrected chi connectivity index (χ1v) is 11.0. The number of para-hydroxylation sites is 2. The van der Waals surface area contributed by atoms with Crippen molar-refractivity contribution in [3.05, 3.63) is 41.2 Å². The highest BCUT2D eigenvalue weighted by Crippen LogP contribution is 2.31. The number of carbonyl (C=O) groups is 1. The molecule has 8 heteroatoms. The summed E-state index contributed by atoms with van der Waals surface area (Å²) in [7, 11) is 1.98. The van der Waals surface area contributed by atoms with E-state index < -0.39 is 0 Å². The monoisotopic (exact) mass is 426 g/mol. The molecule has 0 radical (unpaired) electrons. The maximum atomic E-state index is 12.3. The third kappa shape index (κ3) is 5.57. The molecule has 0 saturated carbocycles. The second-order valence-electron chi connectivity index (χ2n) is 7.94. The van der Waals surface area contributed by atoms with Crippen LogP contribution in [-0.2, 0) is 18.3 Å². The van der Waals surface area contributed by atoms with E-state index in [4.69, 9.17) is 9.73 Å². The van der Waals surface area contributed by atoms with E-state index in [1.165, 1.54) is 11.3 Å². The molecule has 1 aliphatic heterocycles. The van der Waals surface area contributed by atoms with Crippen molar-refractivity contribution in [2.45, 2.75) is 46.6 Å². The second-order valence-corrected chi connectivity index (χ2v) is 7.94. The van der Waals surface area contributed by atoms with Gasteiger partial charge >= 0.3 is 0 Å². The first-order valence-electron chi connectivity index (χ1n) is 11.0. The fraction of sp³-hybridized carbons (Fsp3) is 0.522. The summed E-state index contributed by atoms with van der Waals surface area (Å²) in [6, 6.07) is 7.87. The minimum Gasteiger partial charge on any atom is -0.482 e. The molecule has 168 valence electrons. The zero-order valence-corrected chi connectivity index (χ0v) is 19.2. The maximum Gasteiger partial charge on any atom is 0.265 e. The van der Waals surface area contributed by atoms with Crippen LogP contribution >= 0.6 is 0 Å². The van der Waals surface area contributed by atoms with E-state index >= 15 is 0 Å². The lowest BCUT2D eigenvalue weighted by molar-refractivity contribution is -0.121. The van der Waals surface area contributed by atoms with Gasteiger partial charge < -0.3 is 20.3 Å². The maximum absolute atomic E-state index is 12.3. The number of anilines is 1. The van der Waals surface area contributed by atoms with Crippen LogP contribution in [0.2, 0.25) is 0 Å². The number of nitrogens with one attached hydrogen (secondary N) is 2. The van der Waals surface area contributed by atoms with Crippen molar-refractivity contribution in [3.8, 4) is 5.75 Å². The number of nitrogens with zero attached hydrogens (tertiary/aromatic N) is 4. The largest absolute Gasteiger partial charge is 0.482 e. The predicted octanol–water partition coefficient (Wildman–Crippen LogP) is 2.34. The number of hydrogen-bond acceptors (Lipinski definition) is 4. The van der Waals surface area contributed by atoms with Gasteiger partial charge in [0.25, 0.3) is 5.91 Å². The fourth-order valence-corrected chi connectivity index (χ4v) is 3.84. The Morgan fingerprint density at radius 2 is 2.10 bits per heavy atom. The molecule has 0 aliphatic carbocycles. The van der Waals surface area contributed by atoms with Crippen LogP contribution < -0.4 is 20.3 Å². The molecule has 8 nitrogen and oxygen atoms in total. The average Bonchev–Trinajstić information content (AvgIpc) is 2.98. The number of benzene rings is 1. The van der Waals surface area contributed by atoms with Gasteiger partial charge in [-0.25, -0.2) is 0 Å². The van der Waals surface area contributed by atoms with Crippen LogP contribution in [0, 0.1) is 13.8 Å². The smallest absolute Gasteiger partial charge is 0.265 e. The molecular formula is C23H34N6O2. The van der Waals surface area contributed by atoms with Crippen molar-refractivity contribution < 1.29 is 9.53 Å². The number of aryl methyl sites for hydroxylation is 2. The molecule has 31 heavy (non-hydrogen) atoms. The zero-order valence-electron chi connectivity index (χ0n) is 19.2. The van der Waals surface area contributed by atoms with E-state index in [-0.39, 0.29) is 18.6 Å². The molecule has 1 amide bonds. The van der Waals surface area contributed by atoms with Crippen molar-refractivity contribution in [3.63, 3.8) is 0 Å². The van der Waals surface area contributed by atoms with Crippen LogP contribution in [-0.4, -0.2) is 53.9 Å². The van der Waals surface area contributed by atoms with Crippen molar-refractivity contribution in [1.29, 1.82) is 0 Å². The summed E-state index contributed by atoms with van der Waals surface area (Å²) in [6.07, 6.45) is 1.65. The number of hydrogen-bond donors (Lipinski definition) is 2.